The Morgan fingerprint density at radius 2 is 1.85 bits per heavy atom. The van der Waals surface area contributed by atoms with Crippen LogP contribution in [0.5, 0.6) is 0 Å². The van der Waals surface area contributed by atoms with Crippen molar-refractivity contribution in [2.75, 3.05) is 24.7 Å². The van der Waals surface area contributed by atoms with Crippen molar-refractivity contribution in [2.45, 2.75) is 52.6 Å². The lowest BCUT2D eigenvalue weighted by Crippen LogP contribution is -2.49. The molecule has 1 atom stereocenters. The summed E-state index contributed by atoms with van der Waals surface area (Å²) < 4.78 is 26.7. The number of likely N-dealkylation sites (tertiary alicyclic amines) is 1. The summed E-state index contributed by atoms with van der Waals surface area (Å²) in [5, 5.41) is 7.25. The molecule has 2 N–H and O–H groups in total. The van der Waals surface area contributed by atoms with Crippen LogP contribution < -0.4 is 10.0 Å². The van der Waals surface area contributed by atoms with Gasteiger partial charge in [-0.1, -0.05) is 20.8 Å². The standard InChI is InChI=1S/C17H29N5O4S/c1-12(20-27(5,25)26)15(23)21-10-7-13(8-11-21)22-14(6-9-18-22)19-16(24)17(2,3)4/h6,9,12-13,20H,7-8,10-11H2,1-5H3,(H,19,24)/t12-/m0/s1. The number of hydrogen-bond acceptors (Lipinski definition) is 5. The smallest absolute Gasteiger partial charge is 0.240 e. The molecule has 1 aromatic heterocycles. The van der Waals surface area contributed by atoms with Gasteiger partial charge >= 0.3 is 0 Å². The van der Waals surface area contributed by atoms with Gasteiger partial charge in [0.2, 0.25) is 21.8 Å². The van der Waals surface area contributed by atoms with E-state index in [9.17, 15) is 18.0 Å². The Bertz CT molecular complexity index is 788. The van der Waals surface area contributed by atoms with E-state index in [4.69, 9.17) is 0 Å². The van der Waals surface area contributed by atoms with Crippen molar-refractivity contribution >= 4 is 27.7 Å². The van der Waals surface area contributed by atoms with Gasteiger partial charge in [-0.05, 0) is 19.8 Å². The molecule has 2 rings (SSSR count). The first-order chi connectivity index (χ1) is 12.4. The number of sulfonamides is 1. The molecule has 1 aliphatic rings. The van der Waals surface area contributed by atoms with E-state index in [2.05, 4.69) is 15.1 Å². The highest BCUT2D eigenvalue weighted by Crippen LogP contribution is 2.26. The van der Waals surface area contributed by atoms with Crippen LogP contribution in [0.1, 0.15) is 46.6 Å². The minimum absolute atomic E-state index is 0.0671. The summed E-state index contributed by atoms with van der Waals surface area (Å²) in [5.41, 5.74) is -0.506. The second-order valence-corrected chi connectivity index (χ2v) is 9.81. The van der Waals surface area contributed by atoms with Gasteiger partial charge in [-0.3, -0.25) is 9.59 Å². The van der Waals surface area contributed by atoms with Gasteiger partial charge in [-0.15, -0.1) is 0 Å². The van der Waals surface area contributed by atoms with Gasteiger partial charge in [0.05, 0.1) is 24.5 Å². The molecule has 0 spiro atoms. The Morgan fingerprint density at radius 3 is 2.37 bits per heavy atom. The largest absolute Gasteiger partial charge is 0.341 e. The zero-order chi connectivity index (χ0) is 20.4. The van der Waals surface area contributed by atoms with Crippen molar-refractivity contribution in [2.24, 2.45) is 5.41 Å². The predicted molar refractivity (Wildman–Crippen MR) is 103 cm³/mol. The van der Waals surface area contributed by atoms with Crippen LogP contribution in [0.3, 0.4) is 0 Å². The Labute approximate surface area is 160 Å². The van der Waals surface area contributed by atoms with Crippen LogP contribution in [0.4, 0.5) is 5.82 Å². The van der Waals surface area contributed by atoms with E-state index < -0.39 is 21.5 Å². The Balaban J connectivity index is 1.98. The first-order valence-corrected chi connectivity index (χ1v) is 10.9. The lowest BCUT2D eigenvalue weighted by molar-refractivity contribution is -0.133. The van der Waals surface area contributed by atoms with E-state index in [1.54, 1.807) is 28.8 Å². The lowest BCUT2D eigenvalue weighted by atomic mass is 9.96. The SMILES string of the molecule is C[C@H](NS(C)(=O)=O)C(=O)N1CCC(n2nccc2NC(=O)C(C)(C)C)CC1. The normalized spacial score (nSPS) is 17.6. The summed E-state index contributed by atoms with van der Waals surface area (Å²) in [6, 6.07) is 1.04. The van der Waals surface area contributed by atoms with Gasteiger partial charge in [0.25, 0.3) is 0 Å². The number of nitrogens with one attached hydrogen (secondary N) is 2. The number of rotatable bonds is 5. The summed E-state index contributed by atoms with van der Waals surface area (Å²) in [4.78, 5) is 26.3. The van der Waals surface area contributed by atoms with Crippen molar-refractivity contribution in [3.05, 3.63) is 12.3 Å². The van der Waals surface area contributed by atoms with E-state index in [1.807, 2.05) is 20.8 Å². The predicted octanol–water partition coefficient (Wildman–Crippen LogP) is 0.969. The first kappa shape index (κ1) is 21.4. The van der Waals surface area contributed by atoms with Crippen molar-refractivity contribution in [3.8, 4) is 0 Å². The number of carbonyl (C=O) groups excluding carboxylic acids is 2. The molecule has 2 heterocycles. The van der Waals surface area contributed by atoms with E-state index in [-0.39, 0.29) is 17.9 Å². The fourth-order valence-electron chi connectivity index (χ4n) is 2.98. The van der Waals surface area contributed by atoms with E-state index in [0.29, 0.717) is 31.7 Å². The third-order valence-corrected chi connectivity index (χ3v) is 5.26. The minimum atomic E-state index is -3.43. The fourth-order valence-corrected chi connectivity index (χ4v) is 3.73. The zero-order valence-electron chi connectivity index (χ0n) is 16.5. The molecule has 152 valence electrons. The van der Waals surface area contributed by atoms with E-state index in [0.717, 1.165) is 6.26 Å². The molecular weight excluding hydrogens is 370 g/mol. The highest BCUT2D eigenvalue weighted by molar-refractivity contribution is 7.88. The summed E-state index contributed by atoms with van der Waals surface area (Å²) >= 11 is 0. The van der Waals surface area contributed by atoms with Crippen LogP contribution >= 0.6 is 0 Å². The molecular formula is C17H29N5O4S. The molecule has 0 aromatic carbocycles. The number of aromatic nitrogens is 2. The number of nitrogens with zero attached hydrogens (tertiary/aromatic N) is 3. The highest BCUT2D eigenvalue weighted by atomic mass is 32.2. The molecule has 0 radical (unpaired) electrons. The number of carbonyl (C=O) groups is 2. The first-order valence-electron chi connectivity index (χ1n) is 8.99. The van der Waals surface area contributed by atoms with Crippen molar-refractivity contribution in [3.63, 3.8) is 0 Å². The van der Waals surface area contributed by atoms with Crippen molar-refractivity contribution < 1.29 is 18.0 Å². The maximum absolute atomic E-state index is 12.4. The van der Waals surface area contributed by atoms with Crippen LogP contribution in [0, 0.1) is 5.41 Å². The van der Waals surface area contributed by atoms with Crippen LogP contribution in [0.15, 0.2) is 12.3 Å². The molecule has 9 nitrogen and oxygen atoms in total. The van der Waals surface area contributed by atoms with Gasteiger partial charge in [-0.2, -0.15) is 5.10 Å². The van der Waals surface area contributed by atoms with Gasteiger partial charge in [0, 0.05) is 24.6 Å². The van der Waals surface area contributed by atoms with Gasteiger partial charge in [-0.25, -0.2) is 17.8 Å². The van der Waals surface area contributed by atoms with Gasteiger partial charge in [0.15, 0.2) is 0 Å². The quantitative estimate of drug-likeness (QED) is 0.766. The van der Waals surface area contributed by atoms with Gasteiger partial charge < -0.3 is 10.2 Å². The van der Waals surface area contributed by atoms with Crippen LogP contribution in [0.25, 0.3) is 0 Å². The van der Waals surface area contributed by atoms with Crippen LogP contribution in [0.2, 0.25) is 0 Å². The van der Waals surface area contributed by atoms with Gasteiger partial charge in [0.1, 0.15) is 5.82 Å². The second kappa shape index (κ2) is 7.97. The maximum atomic E-state index is 12.4. The lowest BCUT2D eigenvalue weighted by Gasteiger charge is -2.34. The average Bonchev–Trinajstić information content (AvgIpc) is 3.00. The summed E-state index contributed by atoms with van der Waals surface area (Å²) in [5.74, 6) is 0.324. The molecule has 2 amide bonds. The molecule has 0 aliphatic carbocycles. The molecule has 1 aromatic rings. The Kier molecular flexibility index (Phi) is 6.31. The maximum Gasteiger partial charge on any atom is 0.240 e. The van der Waals surface area contributed by atoms with Crippen molar-refractivity contribution in [1.29, 1.82) is 0 Å². The molecule has 27 heavy (non-hydrogen) atoms. The summed E-state index contributed by atoms with van der Waals surface area (Å²) in [6.45, 7) is 8.09. The van der Waals surface area contributed by atoms with E-state index >= 15 is 0 Å². The highest BCUT2D eigenvalue weighted by Gasteiger charge is 2.30. The Morgan fingerprint density at radius 1 is 1.26 bits per heavy atom. The molecule has 1 saturated heterocycles. The van der Waals surface area contributed by atoms with Crippen molar-refractivity contribution in [1.82, 2.24) is 19.4 Å². The number of amides is 2. The topological polar surface area (TPSA) is 113 Å². The fraction of sp³-hybridized carbons (Fsp3) is 0.706. The third-order valence-electron chi connectivity index (χ3n) is 4.48. The Hall–Kier alpha value is -1.94. The average molecular weight is 400 g/mol. The molecule has 10 heteroatoms. The second-order valence-electron chi connectivity index (χ2n) is 8.03. The van der Waals surface area contributed by atoms with Crippen LogP contribution in [-0.2, 0) is 19.6 Å². The molecule has 0 unspecified atom stereocenters. The number of hydrogen-bond donors (Lipinski definition) is 2. The molecule has 0 bridgehead atoms. The third kappa shape index (κ3) is 5.77. The van der Waals surface area contributed by atoms with E-state index in [1.165, 1.54) is 0 Å². The monoisotopic (exact) mass is 399 g/mol. The number of anilines is 1. The minimum Gasteiger partial charge on any atom is -0.341 e. The summed E-state index contributed by atoms with van der Waals surface area (Å²) in [6.07, 6.45) is 4.04. The molecule has 0 saturated carbocycles. The number of piperidine rings is 1. The zero-order valence-corrected chi connectivity index (χ0v) is 17.3. The molecule has 1 fully saturated rings. The summed E-state index contributed by atoms with van der Waals surface area (Å²) in [7, 11) is -3.43. The molecule has 1 aliphatic heterocycles. The van der Waals surface area contributed by atoms with Crippen LogP contribution in [-0.4, -0.2) is 60.3 Å².